The third-order valence-corrected chi connectivity index (χ3v) is 5.67. The number of unbranched alkanes of at least 4 members (excludes halogenated alkanes) is 20. The molecular formula is C26H52O. The van der Waals surface area contributed by atoms with Gasteiger partial charge < -0.3 is 5.11 Å². The Labute approximate surface area is 172 Å². The standard InChI is InChI=1S/C26H52O/c1-2-3-4-5-6-7-8-9-10-11-12-13-14-15-16-17-18-19-20-21-22-23-24-25-26-27/h9-10,27H,2-8,11-26H2,1H3. The van der Waals surface area contributed by atoms with Gasteiger partial charge in [0, 0.05) is 6.61 Å². The average molecular weight is 381 g/mol. The molecule has 0 aliphatic heterocycles. The highest BCUT2D eigenvalue weighted by Gasteiger charge is 1.94. The molecule has 0 amide bonds. The number of allylic oxidation sites excluding steroid dienone is 2. The Morgan fingerprint density at radius 1 is 0.407 bits per heavy atom. The minimum absolute atomic E-state index is 0.371. The molecule has 0 spiro atoms. The van der Waals surface area contributed by atoms with Crippen LogP contribution in [0.25, 0.3) is 0 Å². The van der Waals surface area contributed by atoms with E-state index in [0.717, 1.165) is 6.42 Å². The largest absolute Gasteiger partial charge is 0.396 e. The van der Waals surface area contributed by atoms with E-state index >= 15 is 0 Å². The molecule has 0 aromatic heterocycles. The second-order valence-corrected chi connectivity index (χ2v) is 8.49. The molecule has 0 saturated heterocycles. The van der Waals surface area contributed by atoms with Crippen LogP contribution in [0.1, 0.15) is 148 Å². The molecule has 1 N–H and O–H groups in total. The van der Waals surface area contributed by atoms with Crippen molar-refractivity contribution in [2.75, 3.05) is 6.61 Å². The van der Waals surface area contributed by atoms with Gasteiger partial charge in [0.1, 0.15) is 0 Å². The lowest BCUT2D eigenvalue weighted by Crippen LogP contribution is -1.85. The van der Waals surface area contributed by atoms with Crippen molar-refractivity contribution in [3.8, 4) is 0 Å². The van der Waals surface area contributed by atoms with Gasteiger partial charge in [-0.2, -0.15) is 0 Å². The van der Waals surface area contributed by atoms with Crippen LogP contribution >= 0.6 is 0 Å². The number of aliphatic hydroxyl groups is 1. The molecule has 1 nitrogen and oxygen atoms in total. The topological polar surface area (TPSA) is 20.2 Å². The van der Waals surface area contributed by atoms with Crippen molar-refractivity contribution in [2.45, 2.75) is 148 Å². The fraction of sp³-hybridized carbons (Fsp3) is 0.923. The van der Waals surface area contributed by atoms with Crippen molar-refractivity contribution in [1.82, 2.24) is 0 Å². The Morgan fingerprint density at radius 2 is 0.704 bits per heavy atom. The first kappa shape index (κ1) is 26.7. The number of hydrogen-bond donors (Lipinski definition) is 1. The molecule has 0 fully saturated rings. The third kappa shape index (κ3) is 25.7. The highest BCUT2D eigenvalue weighted by atomic mass is 16.2. The highest BCUT2D eigenvalue weighted by Crippen LogP contribution is 2.13. The van der Waals surface area contributed by atoms with Crippen molar-refractivity contribution in [3.05, 3.63) is 12.2 Å². The van der Waals surface area contributed by atoms with Crippen LogP contribution in [-0.4, -0.2) is 11.7 Å². The third-order valence-electron chi connectivity index (χ3n) is 5.67. The second-order valence-electron chi connectivity index (χ2n) is 8.49. The molecule has 162 valence electrons. The summed E-state index contributed by atoms with van der Waals surface area (Å²) in [5, 5.41) is 8.73. The molecule has 0 bridgehead atoms. The molecule has 0 radical (unpaired) electrons. The fourth-order valence-electron chi connectivity index (χ4n) is 3.77. The molecule has 0 rings (SSSR count). The highest BCUT2D eigenvalue weighted by molar-refractivity contribution is 4.81. The van der Waals surface area contributed by atoms with Crippen LogP contribution in [0.4, 0.5) is 0 Å². The minimum Gasteiger partial charge on any atom is -0.396 e. The van der Waals surface area contributed by atoms with Gasteiger partial charge in [-0.05, 0) is 32.1 Å². The molecule has 0 saturated carbocycles. The predicted molar refractivity (Wildman–Crippen MR) is 123 cm³/mol. The number of rotatable bonds is 23. The molecule has 0 atom stereocenters. The summed E-state index contributed by atoms with van der Waals surface area (Å²) in [6, 6.07) is 0. The van der Waals surface area contributed by atoms with Crippen molar-refractivity contribution in [2.24, 2.45) is 0 Å². The SMILES string of the molecule is CCCCCCCCC=CCCCCCCCCCCCCCCCCO. The zero-order valence-corrected chi connectivity index (χ0v) is 18.9. The van der Waals surface area contributed by atoms with Gasteiger partial charge in [0.25, 0.3) is 0 Å². The summed E-state index contributed by atoms with van der Waals surface area (Å²) in [5.74, 6) is 0. The average Bonchev–Trinajstić information content (AvgIpc) is 2.68. The van der Waals surface area contributed by atoms with Gasteiger partial charge in [-0.3, -0.25) is 0 Å². The van der Waals surface area contributed by atoms with Crippen LogP contribution in [-0.2, 0) is 0 Å². The Hall–Kier alpha value is -0.300. The quantitative estimate of drug-likeness (QED) is 0.138. The lowest BCUT2D eigenvalue weighted by molar-refractivity contribution is 0.282. The maximum atomic E-state index is 8.73. The molecular weight excluding hydrogens is 328 g/mol. The maximum absolute atomic E-state index is 8.73. The Bertz CT molecular complexity index is 271. The van der Waals surface area contributed by atoms with Crippen LogP contribution in [0.15, 0.2) is 12.2 Å². The molecule has 1 heteroatoms. The van der Waals surface area contributed by atoms with E-state index in [1.165, 1.54) is 135 Å². The summed E-state index contributed by atoms with van der Waals surface area (Å²) in [5.41, 5.74) is 0. The Kier molecular flexibility index (Phi) is 25.4. The van der Waals surface area contributed by atoms with Crippen molar-refractivity contribution in [3.63, 3.8) is 0 Å². The molecule has 0 unspecified atom stereocenters. The molecule has 0 aromatic carbocycles. The predicted octanol–water partition coefficient (Wildman–Crippen LogP) is 9.14. The summed E-state index contributed by atoms with van der Waals surface area (Å²) in [6.07, 6.45) is 35.1. The summed E-state index contributed by atoms with van der Waals surface area (Å²) in [4.78, 5) is 0. The zero-order chi connectivity index (χ0) is 19.7. The monoisotopic (exact) mass is 380 g/mol. The number of hydrogen-bond acceptors (Lipinski definition) is 1. The van der Waals surface area contributed by atoms with Gasteiger partial charge in [0.05, 0.1) is 0 Å². The number of aliphatic hydroxyl groups excluding tert-OH is 1. The van der Waals surface area contributed by atoms with Gasteiger partial charge >= 0.3 is 0 Å². The minimum atomic E-state index is 0.371. The summed E-state index contributed by atoms with van der Waals surface area (Å²) in [6.45, 7) is 2.66. The Morgan fingerprint density at radius 3 is 1.04 bits per heavy atom. The van der Waals surface area contributed by atoms with E-state index in [0.29, 0.717) is 6.61 Å². The van der Waals surface area contributed by atoms with E-state index in [4.69, 9.17) is 5.11 Å². The van der Waals surface area contributed by atoms with Crippen LogP contribution in [0.5, 0.6) is 0 Å². The van der Waals surface area contributed by atoms with Crippen LogP contribution in [0.2, 0.25) is 0 Å². The van der Waals surface area contributed by atoms with Crippen molar-refractivity contribution in [1.29, 1.82) is 0 Å². The van der Waals surface area contributed by atoms with Crippen LogP contribution in [0.3, 0.4) is 0 Å². The maximum Gasteiger partial charge on any atom is 0.0431 e. The van der Waals surface area contributed by atoms with E-state index in [2.05, 4.69) is 19.1 Å². The smallest absolute Gasteiger partial charge is 0.0431 e. The molecule has 0 aliphatic carbocycles. The van der Waals surface area contributed by atoms with Crippen molar-refractivity contribution >= 4 is 0 Å². The van der Waals surface area contributed by atoms with E-state index < -0.39 is 0 Å². The summed E-state index contributed by atoms with van der Waals surface area (Å²) < 4.78 is 0. The van der Waals surface area contributed by atoms with Gasteiger partial charge in [-0.1, -0.05) is 128 Å². The first-order valence-electron chi connectivity index (χ1n) is 12.7. The first-order chi connectivity index (χ1) is 13.4. The van der Waals surface area contributed by atoms with E-state index in [1.807, 2.05) is 0 Å². The zero-order valence-electron chi connectivity index (χ0n) is 18.9. The molecule has 0 aromatic rings. The van der Waals surface area contributed by atoms with Gasteiger partial charge in [0.2, 0.25) is 0 Å². The second kappa shape index (κ2) is 25.7. The normalized spacial score (nSPS) is 11.6. The van der Waals surface area contributed by atoms with Crippen molar-refractivity contribution < 1.29 is 5.11 Å². The lowest BCUT2D eigenvalue weighted by atomic mass is 10.0. The van der Waals surface area contributed by atoms with E-state index in [1.54, 1.807) is 0 Å². The van der Waals surface area contributed by atoms with E-state index in [-0.39, 0.29) is 0 Å². The Balaban J connectivity index is 3.03. The lowest BCUT2D eigenvalue weighted by Gasteiger charge is -2.03. The fourth-order valence-corrected chi connectivity index (χ4v) is 3.77. The molecule has 27 heavy (non-hydrogen) atoms. The van der Waals surface area contributed by atoms with Gasteiger partial charge in [0.15, 0.2) is 0 Å². The molecule has 0 heterocycles. The van der Waals surface area contributed by atoms with Gasteiger partial charge in [-0.25, -0.2) is 0 Å². The summed E-state index contributed by atoms with van der Waals surface area (Å²) in [7, 11) is 0. The summed E-state index contributed by atoms with van der Waals surface area (Å²) >= 11 is 0. The first-order valence-corrected chi connectivity index (χ1v) is 12.7. The van der Waals surface area contributed by atoms with Crippen LogP contribution in [0, 0.1) is 0 Å². The van der Waals surface area contributed by atoms with Crippen LogP contribution < -0.4 is 0 Å². The molecule has 0 aliphatic rings. The van der Waals surface area contributed by atoms with E-state index in [9.17, 15) is 0 Å². The van der Waals surface area contributed by atoms with Gasteiger partial charge in [-0.15, -0.1) is 0 Å².